The van der Waals surface area contributed by atoms with Crippen molar-refractivity contribution in [1.82, 2.24) is 0 Å². The van der Waals surface area contributed by atoms with Gasteiger partial charge in [-0.3, -0.25) is 0 Å². The number of rotatable bonds is 6. The maximum absolute atomic E-state index is 5.38. The van der Waals surface area contributed by atoms with Crippen LogP contribution in [0.3, 0.4) is 0 Å². The van der Waals surface area contributed by atoms with E-state index in [2.05, 4.69) is 22.9 Å². The molecule has 0 amide bonds. The first-order valence-corrected chi connectivity index (χ1v) is 6.24. The van der Waals surface area contributed by atoms with E-state index in [1.54, 1.807) is 0 Å². The molecule has 3 heteroatoms. The minimum absolute atomic E-state index is 0.0893. The molecule has 1 atom stereocenters. The van der Waals surface area contributed by atoms with E-state index in [0.717, 1.165) is 30.9 Å². The van der Waals surface area contributed by atoms with Crippen molar-refractivity contribution in [2.75, 3.05) is 18.5 Å². The second-order valence-electron chi connectivity index (χ2n) is 3.68. The van der Waals surface area contributed by atoms with Gasteiger partial charge in [-0.15, -0.1) is 0 Å². The van der Waals surface area contributed by atoms with Gasteiger partial charge in [0.1, 0.15) is 0 Å². The molecule has 1 fully saturated rings. The van der Waals surface area contributed by atoms with Gasteiger partial charge in [0.2, 0.25) is 0 Å². The lowest BCUT2D eigenvalue weighted by Gasteiger charge is -2.13. The Morgan fingerprint density at radius 2 is 2.00 bits per heavy atom. The van der Waals surface area contributed by atoms with Gasteiger partial charge in [0.05, 0.1) is 13.2 Å². The highest BCUT2D eigenvalue weighted by atomic mass is 79.9. The Balaban J connectivity index is 1.97. The smallest absolute Gasteiger partial charge is 0.157 e. The molecule has 1 aliphatic heterocycles. The fourth-order valence-corrected chi connectivity index (χ4v) is 1.89. The van der Waals surface area contributed by atoms with Crippen molar-refractivity contribution < 1.29 is 9.47 Å². The average molecular weight is 251 g/mol. The van der Waals surface area contributed by atoms with E-state index in [1.165, 1.54) is 19.3 Å². The maximum Gasteiger partial charge on any atom is 0.157 e. The molecule has 0 aromatic rings. The highest BCUT2D eigenvalue weighted by Crippen LogP contribution is 2.18. The number of hydrogen-bond acceptors (Lipinski definition) is 2. The second-order valence-corrected chi connectivity index (χ2v) is 4.48. The Morgan fingerprint density at radius 1 is 1.31 bits per heavy atom. The van der Waals surface area contributed by atoms with Crippen molar-refractivity contribution in [3.63, 3.8) is 0 Å². The van der Waals surface area contributed by atoms with Crippen LogP contribution >= 0.6 is 15.9 Å². The van der Waals surface area contributed by atoms with E-state index in [-0.39, 0.29) is 6.29 Å². The highest BCUT2D eigenvalue weighted by molar-refractivity contribution is 9.09. The molecule has 1 saturated heterocycles. The predicted octanol–water partition coefficient (Wildman–Crippen LogP) is 2.95. The van der Waals surface area contributed by atoms with Crippen LogP contribution in [-0.2, 0) is 9.47 Å². The molecule has 0 aromatic heterocycles. The van der Waals surface area contributed by atoms with Crippen molar-refractivity contribution >= 4 is 15.9 Å². The van der Waals surface area contributed by atoms with Crippen molar-refractivity contribution in [1.29, 1.82) is 0 Å². The third kappa shape index (κ3) is 4.99. The molecule has 78 valence electrons. The van der Waals surface area contributed by atoms with Crippen LogP contribution in [0.2, 0.25) is 0 Å². The van der Waals surface area contributed by atoms with Crippen LogP contribution in [-0.4, -0.2) is 24.8 Å². The van der Waals surface area contributed by atoms with Crippen molar-refractivity contribution in [3.05, 3.63) is 0 Å². The van der Waals surface area contributed by atoms with E-state index in [1.807, 2.05) is 0 Å². The lowest BCUT2D eigenvalue weighted by Crippen LogP contribution is -2.09. The van der Waals surface area contributed by atoms with E-state index in [9.17, 15) is 0 Å². The van der Waals surface area contributed by atoms with E-state index in [0.29, 0.717) is 0 Å². The van der Waals surface area contributed by atoms with Crippen LogP contribution in [0.5, 0.6) is 0 Å². The van der Waals surface area contributed by atoms with E-state index >= 15 is 0 Å². The summed E-state index contributed by atoms with van der Waals surface area (Å²) in [6.07, 6.45) is 4.94. The molecule has 1 rings (SSSR count). The molecule has 2 nitrogen and oxygen atoms in total. The molecule has 1 aliphatic rings. The number of hydrogen-bond donors (Lipinski definition) is 0. The standard InChI is InChI=1S/C10H19BrO2/c1-9(3-2-6-11)4-5-10-12-7-8-13-10/h9-10H,2-8H2,1H3/t9-/m1/s1. The molecule has 1 heterocycles. The molecule has 13 heavy (non-hydrogen) atoms. The molecule has 0 N–H and O–H groups in total. The zero-order valence-electron chi connectivity index (χ0n) is 8.30. The summed E-state index contributed by atoms with van der Waals surface area (Å²) >= 11 is 3.45. The number of ether oxygens (including phenoxy) is 2. The number of alkyl halides is 1. The Labute approximate surface area is 89.1 Å². The van der Waals surface area contributed by atoms with Crippen molar-refractivity contribution in [2.24, 2.45) is 5.92 Å². The topological polar surface area (TPSA) is 18.5 Å². The Morgan fingerprint density at radius 3 is 2.62 bits per heavy atom. The Kier molecular flexibility index (Phi) is 6.00. The van der Waals surface area contributed by atoms with Gasteiger partial charge in [-0.25, -0.2) is 0 Å². The normalized spacial score (nSPS) is 20.8. The maximum atomic E-state index is 5.38. The first-order valence-electron chi connectivity index (χ1n) is 5.12. The predicted molar refractivity (Wildman–Crippen MR) is 57.1 cm³/mol. The zero-order valence-corrected chi connectivity index (χ0v) is 9.88. The molecular formula is C10H19BrO2. The Hall–Kier alpha value is 0.400. The monoisotopic (exact) mass is 250 g/mol. The van der Waals surface area contributed by atoms with Crippen LogP contribution in [0, 0.1) is 5.92 Å². The zero-order chi connectivity index (χ0) is 9.52. The van der Waals surface area contributed by atoms with Gasteiger partial charge < -0.3 is 9.47 Å². The van der Waals surface area contributed by atoms with Crippen LogP contribution < -0.4 is 0 Å². The van der Waals surface area contributed by atoms with Crippen LogP contribution in [0.1, 0.15) is 32.6 Å². The van der Waals surface area contributed by atoms with Gasteiger partial charge in [0.25, 0.3) is 0 Å². The number of halogens is 1. The van der Waals surface area contributed by atoms with Gasteiger partial charge in [-0.05, 0) is 31.6 Å². The third-order valence-corrected chi connectivity index (χ3v) is 2.98. The fraction of sp³-hybridized carbons (Fsp3) is 1.00. The average Bonchev–Trinajstić information content (AvgIpc) is 2.64. The summed E-state index contributed by atoms with van der Waals surface area (Å²) in [5, 5.41) is 1.12. The van der Waals surface area contributed by atoms with Crippen LogP contribution in [0.25, 0.3) is 0 Å². The summed E-state index contributed by atoms with van der Waals surface area (Å²) in [6.45, 7) is 3.86. The van der Waals surface area contributed by atoms with Crippen molar-refractivity contribution in [2.45, 2.75) is 38.9 Å². The van der Waals surface area contributed by atoms with Crippen molar-refractivity contribution in [3.8, 4) is 0 Å². The summed E-state index contributed by atoms with van der Waals surface area (Å²) in [4.78, 5) is 0. The molecule has 0 unspecified atom stereocenters. The lowest BCUT2D eigenvalue weighted by molar-refractivity contribution is -0.0499. The highest BCUT2D eigenvalue weighted by Gasteiger charge is 2.16. The lowest BCUT2D eigenvalue weighted by atomic mass is 10.0. The third-order valence-electron chi connectivity index (χ3n) is 2.42. The second kappa shape index (κ2) is 6.80. The molecule has 0 saturated carbocycles. The van der Waals surface area contributed by atoms with Gasteiger partial charge in [0.15, 0.2) is 6.29 Å². The minimum atomic E-state index is 0.0893. The first-order chi connectivity index (χ1) is 6.33. The summed E-state index contributed by atoms with van der Waals surface area (Å²) < 4.78 is 10.8. The van der Waals surface area contributed by atoms with Gasteiger partial charge >= 0.3 is 0 Å². The van der Waals surface area contributed by atoms with Crippen LogP contribution in [0.4, 0.5) is 0 Å². The molecule has 0 radical (unpaired) electrons. The van der Waals surface area contributed by atoms with E-state index < -0.39 is 0 Å². The van der Waals surface area contributed by atoms with Gasteiger partial charge in [0, 0.05) is 5.33 Å². The SMILES string of the molecule is C[C@H](CCCBr)CCC1OCCO1. The molecule has 0 aromatic carbocycles. The van der Waals surface area contributed by atoms with Gasteiger partial charge in [-0.1, -0.05) is 22.9 Å². The summed E-state index contributed by atoms with van der Waals surface area (Å²) in [6, 6.07) is 0. The van der Waals surface area contributed by atoms with Gasteiger partial charge in [-0.2, -0.15) is 0 Å². The first kappa shape index (κ1) is 11.5. The quantitative estimate of drug-likeness (QED) is 0.676. The summed E-state index contributed by atoms with van der Waals surface area (Å²) in [7, 11) is 0. The summed E-state index contributed by atoms with van der Waals surface area (Å²) in [5.41, 5.74) is 0. The largest absolute Gasteiger partial charge is 0.350 e. The molecule has 0 aliphatic carbocycles. The minimum Gasteiger partial charge on any atom is -0.350 e. The molecule has 0 spiro atoms. The molecule has 0 bridgehead atoms. The molecular weight excluding hydrogens is 232 g/mol. The Bertz CT molecular complexity index is 124. The summed E-state index contributed by atoms with van der Waals surface area (Å²) in [5.74, 6) is 0.797. The fourth-order valence-electron chi connectivity index (χ4n) is 1.56. The van der Waals surface area contributed by atoms with E-state index in [4.69, 9.17) is 9.47 Å². The van der Waals surface area contributed by atoms with Crippen LogP contribution in [0.15, 0.2) is 0 Å².